The van der Waals surface area contributed by atoms with Crippen LogP contribution in [-0.4, -0.2) is 17.5 Å². The Morgan fingerprint density at radius 2 is 2.07 bits per heavy atom. The summed E-state index contributed by atoms with van der Waals surface area (Å²) in [6.07, 6.45) is 2.49. The highest BCUT2D eigenvalue weighted by Gasteiger charge is 2.14. The van der Waals surface area contributed by atoms with Crippen molar-refractivity contribution in [2.75, 3.05) is 16.8 Å². The second-order valence-electron chi connectivity index (χ2n) is 3.66. The van der Waals surface area contributed by atoms with E-state index in [9.17, 15) is 0 Å². The van der Waals surface area contributed by atoms with Gasteiger partial charge in [-0.2, -0.15) is 11.8 Å². The van der Waals surface area contributed by atoms with Crippen LogP contribution in [-0.2, 0) is 0 Å². The number of hydrogen-bond donors (Lipinski definition) is 1. The second kappa shape index (κ2) is 5.64. The molecule has 0 atom stereocenters. The number of hydrogen-bond acceptors (Lipinski definition) is 2. The summed E-state index contributed by atoms with van der Waals surface area (Å²) in [5.74, 6) is 2.53. The molecule has 0 saturated carbocycles. The summed E-state index contributed by atoms with van der Waals surface area (Å²) < 4.78 is 1.18. The molecule has 0 radical (unpaired) electrons. The van der Waals surface area contributed by atoms with E-state index in [1.807, 2.05) is 17.8 Å². The lowest BCUT2D eigenvalue weighted by atomic mass is 10.1. The normalized spacial score (nSPS) is 17.7. The molecule has 1 aliphatic rings. The molecule has 82 valence electrons. The fourth-order valence-electron chi connectivity index (χ4n) is 1.67. The molecule has 2 rings (SSSR count). The molecule has 1 N–H and O–H groups in total. The number of nitrogens with one attached hydrogen (secondary N) is 1. The number of rotatable bonds is 2. The average molecular weight is 354 g/mol. The monoisotopic (exact) mass is 353 g/mol. The summed E-state index contributed by atoms with van der Waals surface area (Å²) in [6.45, 7) is 0. The quantitative estimate of drug-likeness (QED) is 0.798. The highest BCUT2D eigenvalue weighted by molar-refractivity contribution is 14.1. The first-order valence-electron chi connectivity index (χ1n) is 5.05. The maximum Gasteiger partial charge on any atom is 0.0648 e. The van der Waals surface area contributed by atoms with Crippen molar-refractivity contribution in [1.82, 2.24) is 0 Å². The summed E-state index contributed by atoms with van der Waals surface area (Å²) in [5, 5.41) is 4.36. The molecule has 1 aromatic rings. The van der Waals surface area contributed by atoms with Crippen molar-refractivity contribution < 1.29 is 0 Å². The Kier molecular flexibility index (Phi) is 4.46. The number of thioether (sulfide) groups is 1. The Morgan fingerprint density at radius 3 is 2.73 bits per heavy atom. The van der Waals surface area contributed by atoms with Crippen LogP contribution in [0.4, 0.5) is 5.69 Å². The largest absolute Gasteiger partial charge is 0.381 e. The number of benzene rings is 1. The van der Waals surface area contributed by atoms with Gasteiger partial charge >= 0.3 is 0 Å². The highest BCUT2D eigenvalue weighted by Crippen LogP contribution is 2.27. The van der Waals surface area contributed by atoms with Gasteiger partial charge in [-0.25, -0.2) is 0 Å². The predicted molar refractivity (Wildman–Crippen MR) is 78.1 cm³/mol. The third-order valence-electron chi connectivity index (χ3n) is 2.51. The zero-order valence-corrected chi connectivity index (χ0v) is 12.0. The van der Waals surface area contributed by atoms with Gasteiger partial charge in [0.05, 0.1) is 10.7 Å². The maximum atomic E-state index is 6.18. The predicted octanol–water partition coefficient (Wildman–Crippen LogP) is 4.25. The molecule has 0 aromatic heterocycles. The first-order valence-corrected chi connectivity index (χ1v) is 7.66. The molecule has 1 aliphatic heterocycles. The summed E-state index contributed by atoms with van der Waals surface area (Å²) in [5.41, 5.74) is 1.08. The van der Waals surface area contributed by atoms with E-state index in [0.717, 1.165) is 10.7 Å². The standard InChI is InChI=1S/C11H13ClINS/c12-10-7-8(13)1-2-11(10)14-9-3-5-15-6-4-9/h1-2,7,9,14H,3-6H2. The first kappa shape index (κ1) is 11.9. The van der Waals surface area contributed by atoms with E-state index in [1.54, 1.807) is 0 Å². The van der Waals surface area contributed by atoms with Crippen molar-refractivity contribution in [1.29, 1.82) is 0 Å². The van der Waals surface area contributed by atoms with Crippen LogP contribution in [0.1, 0.15) is 12.8 Å². The molecule has 0 amide bonds. The third kappa shape index (κ3) is 3.43. The SMILES string of the molecule is Clc1cc(I)ccc1NC1CCSCC1. The van der Waals surface area contributed by atoms with Gasteiger partial charge in [-0.3, -0.25) is 0 Å². The van der Waals surface area contributed by atoms with Crippen LogP contribution in [0.25, 0.3) is 0 Å². The van der Waals surface area contributed by atoms with Gasteiger partial charge in [-0.15, -0.1) is 0 Å². The fourth-order valence-corrected chi connectivity index (χ4v) is 3.69. The molecule has 1 nitrogen and oxygen atoms in total. The highest BCUT2D eigenvalue weighted by atomic mass is 127. The molecule has 15 heavy (non-hydrogen) atoms. The molecule has 1 heterocycles. The van der Waals surface area contributed by atoms with Gasteiger partial charge in [0.1, 0.15) is 0 Å². The van der Waals surface area contributed by atoms with Crippen molar-refractivity contribution in [3.05, 3.63) is 26.8 Å². The van der Waals surface area contributed by atoms with Gasteiger partial charge in [-0.1, -0.05) is 11.6 Å². The fraction of sp³-hybridized carbons (Fsp3) is 0.455. The number of halogens is 2. The van der Waals surface area contributed by atoms with Crippen LogP contribution in [0, 0.1) is 3.57 Å². The smallest absolute Gasteiger partial charge is 0.0648 e. The molecule has 1 fully saturated rings. The van der Waals surface area contributed by atoms with Gasteiger partial charge in [0.15, 0.2) is 0 Å². The average Bonchev–Trinajstić information content (AvgIpc) is 2.24. The third-order valence-corrected chi connectivity index (χ3v) is 4.54. The Balaban J connectivity index is 2.03. The summed E-state index contributed by atoms with van der Waals surface area (Å²) in [6, 6.07) is 6.77. The lowest BCUT2D eigenvalue weighted by molar-refractivity contribution is 0.667. The van der Waals surface area contributed by atoms with E-state index in [2.05, 4.69) is 40.0 Å². The van der Waals surface area contributed by atoms with E-state index >= 15 is 0 Å². The van der Waals surface area contributed by atoms with Crippen molar-refractivity contribution in [2.24, 2.45) is 0 Å². The van der Waals surface area contributed by atoms with Gasteiger partial charge in [0.25, 0.3) is 0 Å². The summed E-state index contributed by atoms with van der Waals surface area (Å²) in [4.78, 5) is 0. The molecule has 1 saturated heterocycles. The van der Waals surface area contributed by atoms with Crippen molar-refractivity contribution in [3.8, 4) is 0 Å². The minimum atomic E-state index is 0.601. The minimum Gasteiger partial charge on any atom is -0.381 e. The first-order chi connectivity index (χ1) is 7.25. The van der Waals surface area contributed by atoms with Crippen molar-refractivity contribution in [2.45, 2.75) is 18.9 Å². The van der Waals surface area contributed by atoms with Crippen molar-refractivity contribution in [3.63, 3.8) is 0 Å². The number of anilines is 1. The van der Waals surface area contributed by atoms with E-state index in [-0.39, 0.29) is 0 Å². The molecular formula is C11H13ClINS. The Hall–Kier alpha value is 0.390. The zero-order chi connectivity index (χ0) is 10.7. The lowest BCUT2D eigenvalue weighted by Gasteiger charge is -2.24. The van der Waals surface area contributed by atoms with Crippen LogP contribution in [0.15, 0.2) is 18.2 Å². The van der Waals surface area contributed by atoms with Gasteiger partial charge in [0.2, 0.25) is 0 Å². The van der Waals surface area contributed by atoms with Crippen LogP contribution >= 0.6 is 46.0 Å². The molecular weight excluding hydrogens is 341 g/mol. The zero-order valence-electron chi connectivity index (χ0n) is 8.30. The van der Waals surface area contributed by atoms with E-state index in [4.69, 9.17) is 11.6 Å². The lowest BCUT2D eigenvalue weighted by Crippen LogP contribution is -2.24. The van der Waals surface area contributed by atoms with Crippen LogP contribution in [0.2, 0.25) is 5.02 Å². The van der Waals surface area contributed by atoms with Gasteiger partial charge in [-0.05, 0) is 65.1 Å². The van der Waals surface area contributed by atoms with Crippen LogP contribution in [0.5, 0.6) is 0 Å². The van der Waals surface area contributed by atoms with Gasteiger partial charge in [0, 0.05) is 9.61 Å². The molecule has 1 aromatic carbocycles. The Labute approximate surface area is 113 Å². The summed E-state index contributed by atoms with van der Waals surface area (Å²) >= 11 is 10.5. The molecule has 0 bridgehead atoms. The van der Waals surface area contributed by atoms with Crippen molar-refractivity contribution >= 4 is 51.6 Å². The molecule has 4 heteroatoms. The molecule has 0 spiro atoms. The molecule has 0 unspecified atom stereocenters. The van der Waals surface area contributed by atoms with Gasteiger partial charge < -0.3 is 5.32 Å². The Bertz CT molecular complexity index is 339. The van der Waals surface area contributed by atoms with E-state index < -0.39 is 0 Å². The van der Waals surface area contributed by atoms with Crippen LogP contribution < -0.4 is 5.32 Å². The maximum absolute atomic E-state index is 6.18. The topological polar surface area (TPSA) is 12.0 Å². The van der Waals surface area contributed by atoms with E-state index in [1.165, 1.54) is 27.9 Å². The molecule has 0 aliphatic carbocycles. The Morgan fingerprint density at radius 1 is 1.33 bits per heavy atom. The van der Waals surface area contributed by atoms with E-state index in [0.29, 0.717) is 6.04 Å². The van der Waals surface area contributed by atoms with Crippen LogP contribution in [0.3, 0.4) is 0 Å². The summed E-state index contributed by atoms with van der Waals surface area (Å²) in [7, 11) is 0. The second-order valence-corrected chi connectivity index (χ2v) is 6.53. The minimum absolute atomic E-state index is 0.601.